The summed E-state index contributed by atoms with van der Waals surface area (Å²) in [4.78, 5) is 11.6. The zero-order chi connectivity index (χ0) is 20.9. The van der Waals surface area contributed by atoms with E-state index in [2.05, 4.69) is 52.1 Å². The second-order valence-electron chi connectivity index (χ2n) is 8.46. The minimum atomic E-state index is -1.73. The van der Waals surface area contributed by atoms with Crippen LogP contribution in [0.1, 0.15) is 36.7 Å². The van der Waals surface area contributed by atoms with Crippen molar-refractivity contribution in [3.8, 4) is 16.9 Å². The fraction of sp³-hybridized carbons (Fsp3) is 0.435. The third-order valence-electron chi connectivity index (χ3n) is 5.54. The fourth-order valence-corrected chi connectivity index (χ4v) is 3.72. The zero-order valence-electron chi connectivity index (χ0n) is 18.1. The standard InChI is InChI=1S/C23H32O4Si/c1-23(2,3)28(6,7)27-15-14-17-8-13-20(21(16-17)25-4)18-9-11-19(12-10-18)22(24)26-5/h8-13,16H,14-15H2,1-7H3. The van der Waals surface area contributed by atoms with Gasteiger partial charge in [-0.2, -0.15) is 0 Å². The Kier molecular flexibility index (Phi) is 7.07. The summed E-state index contributed by atoms with van der Waals surface area (Å²) < 4.78 is 16.7. The maximum Gasteiger partial charge on any atom is 0.337 e. The fourth-order valence-electron chi connectivity index (χ4n) is 2.67. The highest BCUT2D eigenvalue weighted by Crippen LogP contribution is 2.37. The van der Waals surface area contributed by atoms with Crippen LogP contribution in [0.4, 0.5) is 0 Å². The molecule has 0 fully saturated rings. The maximum absolute atomic E-state index is 11.6. The summed E-state index contributed by atoms with van der Waals surface area (Å²) >= 11 is 0. The second kappa shape index (κ2) is 8.93. The molecule has 0 N–H and O–H groups in total. The molecule has 2 aromatic carbocycles. The summed E-state index contributed by atoms with van der Waals surface area (Å²) in [5.74, 6) is 0.478. The first-order chi connectivity index (χ1) is 13.1. The summed E-state index contributed by atoms with van der Waals surface area (Å²) in [6.45, 7) is 12.0. The molecule has 5 heteroatoms. The van der Waals surface area contributed by atoms with E-state index in [1.165, 1.54) is 12.7 Å². The largest absolute Gasteiger partial charge is 0.496 e. The SMILES string of the molecule is COC(=O)c1ccc(-c2ccc(CCO[Si](C)(C)C(C)(C)C)cc2OC)cc1. The molecule has 0 saturated heterocycles. The smallest absolute Gasteiger partial charge is 0.337 e. The van der Waals surface area contributed by atoms with E-state index in [1.54, 1.807) is 19.2 Å². The van der Waals surface area contributed by atoms with Gasteiger partial charge in [-0.3, -0.25) is 0 Å². The molecule has 28 heavy (non-hydrogen) atoms. The van der Waals surface area contributed by atoms with E-state index in [9.17, 15) is 4.79 Å². The molecule has 0 atom stereocenters. The van der Waals surface area contributed by atoms with Crippen molar-refractivity contribution in [1.29, 1.82) is 0 Å². The van der Waals surface area contributed by atoms with E-state index in [0.29, 0.717) is 12.2 Å². The van der Waals surface area contributed by atoms with E-state index in [-0.39, 0.29) is 11.0 Å². The molecule has 0 radical (unpaired) electrons. The predicted molar refractivity (Wildman–Crippen MR) is 117 cm³/mol. The van der Waals surface area contributed by atoms with E-state index in [0.717, 1.165) is 23.3 Å². The van der Waals surface area contributed by atoms with Crippen LogP contribution in [-0.4, -0.2) is 35.1 Å². The second-order valence-corrected chi connectivity index (χ2v) is 13.3. The number of ether oxygens (including phenoxy) is 2. The molecule has 4 nitrogen and oxygen atoms in total. The number of carbonyl (C=O) groups is 1. The molecule has 0 aliphatic carbocycles. The van der Waals surface area contributed by atoms with E-state index >= 15 is 0 Å². The first kappa shape index (κ1) is 22.2. The van der Waals surface area contributed by atoms with Crippen molar-refractivity contribution < 1.29 is 18.7 Å². The molecule has 0 aliphatic rings. The first-order valence-electron chi connectivity index (χ1n) is 9.58. The van der Waals surface area contributed by atoms with Crippen LogP contribution in [-0.2, 0) is 15.6 Å². The van der Waals surface area contributed by atoms with Gasteiger partial charge in [0, 0.05) is 12.2 Å². The Hall–Kier alpha value is -2.11. The van der Waals surface area contributed by atoms with Gasteiger partial charge in [-0.1, -0.05) is 45.0 Å². The monoisotopic (exact) mass is 400 g/mol. The molecule has 0 saturated carbocycles. The van der Waals surface area contributed by atoms with E-state index in [4.69, 9.17) is 13.9 Å². The van der Waals surface area contributed by atoms with Crippen LogP contribution in [0.3, 0.4) is 0 Å². The van der Waals surface area contributed by atoms with Crippen LogP contribution in [0.25, 0.3) is 11.1 Å². The highest BCUT2D eigenvalue weighted by atomic mass is 28.4. The van der Waals surface area contributed by atoms with Crippen LogP contribution in [0.15, 0.2) is 42.5 Å². The number of carbonyl (C=O) groups excluding carboxylic acids is 1. The quantitative estimate of drug-likeness (QED) is 0.441. The topological polar surface area (TPSA) is 44.8 Å². The Bertz CT molecular complexity index is 804. The molecule has 0 heterocycles. The molecule has 0 bridgehead atoms. The van der Waals surface area contributed by atoms with Gasteiger partial charge in [0.1, 0.15) is 5.75 Å². The van der Waals surface area contributed by atoms with Crippen LogP contribution in [0, 0.1) is 0 Å². The van der Waals surface area contributed by atoms with Gasteiger partial charge in [0.15, 0.2) is 8.32 Å². The number of esters is 1. The number of rotatable bonds is 7. The summed E-state index contributed by atoms with van der Waals surface area (Å²) in [6.07, 6.45) is 0.852. The van der Waals surface area contributed by atoms with Crippen molar-refractivity contribution in [2.45, 2.75) is 45.3 Å². The number of benzene rings is 2. The van der Waals surface area contributed by atoms with E-state index in [1.807, 2.05) is 12.1 Å². The summed E-state index contributed by atoms with van der Waals surface area (Å²) in [6, 6.07) is 13.6. The van der Waals surface area contributed by atoms with Gasteiger partial charge in [0.05, 0.1) is 19.8 Å². The molecule has 0 unspecified atom stereocenters. The lowest BCUT2D eigenvalue weighted by atomic mass is 10.0. The van der Waals surface area contributed by atoms with Crippen molar-refractivity contribution in [3.63, 3.8) is 0 Å². The van der Waals surface area contributed by atoms with Gasteiger partial charge in [-0.25, -0.2) is 4.79 Å². The minimum absolute atomic E-state index is 0.213. The number of methoxy groups -OCH3 is 2. The van der Waals surface area contributed by atoms with Gasteiger partial charge in [0.25, 0.3) is 0 Å². The average Bonchev–Trinajstić information content (AvgIpc) is 2.66. The summed E-state index contributed by atoms with van der Waals surface area (Å²) in [5, 5.41) is 0.213. The molecule has 2 rings (SSSR count). The normalized spacial score (nSPS) is 12.0. The molecule has 152 valence electrons. The molecule has 0 spiro atoms. The van der Waals surface area contributed by atoms with Crippen LogP contribution >= 0.6 is 0 Å². The third kappa shape index (κ3) is 5.24. The summed E-state index contributed by atoms with van der Waals surface area (Å²) in [7, 11) is 1.33. The maximum atomic E-state index is 11.6. The van der Waals surface area contributed by atoms with Crippen LogP contribution < -0.4 is 4.74 Å². The zero-order valence-corrected chi connectivity index (χ0v) is 19.1. The van der Waals surface area contributed by atoms with Crippen molar-refractivity contribution >= 4 is 14.3 Å². The summed E-state index contributed by atoms with van der Waals surface area (Å²) in [5.41, 5.74) is 3.71. The Labute approximate surface area is 170 Å². The Morgan fingerprint density at radius 3 is 2.18 bits per heavy atom. The van der Waals surface area contributed by atoms with Crippen LogP contribution in [0.5, 0.6) is 5.75 Å². The highest BCUT2D eigenvalue weighted by Gasteiger charge is 2.36. The minimum Gasteiger partial charge on any atom is -0.496 e. The molecule has 2 aromatic rings. The molecule has 0 aromatic heterocycles. The molecule has 0 amide bonds. The van der Waals surface area contributed by atoms with Crippen molar-refractivity contribution in [2.24, 2.45) is 0 Å². The van der Waals surface area contributed by atoms with Crippen molar-refractivity contribution in [1.82, 2.24) is 0 Å². The van der Waals surface area contributed by atoms with Gasteiger partial charge >= 0.3 is 5.97 Å². The van der Waals surface area contributed by atoms with Crippen molar-refractivity contribution in [2.75, 3.05) is 20.8 Å². The number of hydrogen-bond acceptors (Lipinski definition) is 4. The average molecular weight is 401 g/mol. The first-order valence-corrected chi connectivity index (χ1v) is 12.5. The van der Waals surface area contributed by atoms with E-state index < -0.39 is 8.32 Å². The number of hydrogen-bond donors (Lipinski definition) is 0. The lowest BCUT2D eigenvalue weighted by molar-refractivity contribution is 0.0600. The Balaban J connectivity index is 2.13. The molecule has 0 aliphatic heterocycles. The van der Waals surface area contributed by atoms with Crippen molar-refractivity contribution in [3.05, 3.63) is 53.6 Å². The molecular formula is C23H32O4Si. The Morgan fingerprint density at radius 1 is 1.00 bits per heavy atom. The van der Waals surface area contributed by atoms with Gasteiger partial charge in [-0.15, -0.1) is 0 Å². The Morgan fingerprint density at radius 2 is 1.64 bits per heavy atom. The lowest BCUT2D eigenvalue weighted by Crippen LogP contribution is -2.41. The van der Waals surface area contributed by atoms with Gasteiger partial charge in [0.2, 0.25) is 0 Å². The van der Waals surface area contributed by atoms with Crippen LogP contribution in [0.2, 0.25) is 18.1 Å². The van der Waals surface area contributed by atoms with Gasteiger partial charge < -0.3 is 13.9 Å². The van der Waals surface area contributed by atoms with Gasteiger partial charge in [-0.05, 0) is 53.9 Å². The predicted octanol–water partition coefficient (Wildman–Crippen LogP) is 5.71. The highest BCUT2D eigenvalue weighted by molar-refractivity contribution is 6.74. The third-order valence-corrected chi connectivity index (χ3v) is 10.1. The molecular weight excluding hydrogens is 368 g/mol. The lowest BCUT2D eigenvalue weighted by Gasteiger charge is -2.36.